The van der Waals surface area contributed by atoms with Crippen molar-refractivity contribution < 1.29 is 18.0 Å². The van der Waals surface area contributed by atoms with E-state index in [0.29, 0.717) is 35.8 Å². The zero-order valence-corrected chi connectivity index (χ0v) is 19.1. The number of furan rings is 1. The highest BCUT2D eigenvalue weighted by atomic mass is 35.5. The molecule has 1 aromatic heterocycles. The molecule has 0 saturated carbocycles. The van der Waals surface area contributed by atoms with Crippen LogP contribution in [0, 0.1) is 0 Å². The van der Waals surface area contributed by atoms with Crippen molar-refractivity contribution in [3.8, 4) is 0 Å². The Balaban J connectivity index is 1.50. The molecule has 0 saturated heterocycles. The molecule has 2 N–H and O–H groups in total. The third-order valence-corrected chi connectivity index (χ3v) is 6.63. The van der Waals surface area contributed by atoms with E-state index in [0.717, 1.165) is 22.8 Å². The van der Waals surface area contributed by atoms with E-state index in [-0.39, 0.29) is 5.91 Å². The lowest BCUT2D eigenvalue weighted by molar-refractivity contribution is 0.0956. The quantitative estimate of drug-likeness (QED) is 0.306. The topological polar surface area (TPSA) is 82.8 Å². The average molecular weight is 479 g/mol. The van der Waals surface area contributed by atoms with Gasteiger partial charge in [-0.3, -0.25) is 13.7 Å². The summed E-state index contributed by atoms with van der Waals surface area (Å²) in [5.41, 5.74) is 1.95. The first-order chi connectivity index (χ1) is 15.0. The third-order valence-electron chi connectivity index (χ3n) is 4.50. The minimum Gasteiger partial charge on any atom is -0.468 e. The maximum absolute atomic E-state index is 12.3. The molecule has 0 fully saturated rings. The second-order valence-corrected chi connectivity index (χ2v) is 9.02. The summed E-state index contributed by atoms with van der Waals surface area (Å²) < 4.78 is 28.2. The van der Waals surface area contributed by atoms with Crippen LogP contribution >= 0.6 is 23.4 Å². The number of thioether (sulfide) groups is 1. The van der Waals surface area contributed by atoms with Crippen molar-refractivity contribution in [3.63, 3.8) is 0 Å². The van der Waals surface area contributed by atoms with Crippen LogP contribution in [-0.2, 0) is 23.4 Å². The van der Waals surface area contributed by atoms with E-state index in [1.807, 2.05) is 30.3 Å². The normalized spacial score (nSPS) is 11.8. The Hall–Kier alpha value is -2.26. The Morgan fingerprint density at radius 2 is 1.90 bits per heavy atom. The second-order valence-electron chi connectivity index (χ2n) is 6.61. The third kappa shape index (κ3) is 7.14. The molecule has 31 heavy (non-hydrogen) atoms. The molecule has 3 aromatic rings. The molecule has 0 bridgehead atoms. The fraction of sp³-hybridized carbons (Fsp3) is 0.227. The predicted octanol–water partition coefficient (Wildman–Crippen LogP) is 4.78. The molecule has 0 spiro atoms. The number of benzene rings is 2. The Morgan fingerprint density at radius 1 is 1.13 bits per heavy atom. The van der Waals surface area contributed by atoms with Gasteiger partial charge in [0.05, 0.1) is 17.7 Å². The van der Waals surface area contributed by atoms with Gasteiger partial charge in [0, 0.05) is 29.4 Å². The lowest BCUT2D eigenvalue weighted by Crippen LogP contribution is -2.28. The van der Waals surface area contributed by atoms with Crippen LogP contribution in [0.4, 0.5) is 5.69 Å². The van der Waals surface area contributed by atoms with E-state index in [1.165, 1.54) is 4.31 Å². The molecule has 2 aromatic carbocycles. The molecular formula is C22H23ClN2O4S2. The molecule has 6 nitrogen and oxygen atoms in total. The van der Waals surface area contributed by atoms with Gasteiger partial charge in [0.2, 0.25) is 0 Å². The van der Waals surface area contributed by atoms with Crippen LogP contribution in [0.2, 0.25) is 5.02 Å². The van der Waals surface area contributed by atoms with E-state index in [9.17, 15) is 13.6 Å². The highest BCUT2D eigenvalue weighted by Crippen LogP contribution is 2.20. The van der Waals surface area contributed by atoms with Crippen LogP contribution in [0.3, 0.4) is 0 Å². The number of amides is 1. The average Bonchev–Trinajstić information content (AvgIpc) is 3.28. The molecule has 0 radical (unpaired) electrons. The largest absolute Gasteiger partial charge is 0.468 e. The molecule has 9 heteroatoms. The van der Waals surface area contributed by atoms with E-state index >= 15 is 0 Å². The summed E-state index contributed by atoms with van der Waals surface area (Å²) >= 11 is 5.65. The molecule has 0 aliphatic heterocycles. The summed E-state index contributed by atoms with van der Waals surface area (Å²) in [6.45, 7) is 0.849. The highest BCUT2D eigenvalue weighted by molar-refractivity contribution is 7.98. The Kier molecular flexibility index (Phi) is 9.02. The summed E-state index contributed by atoms with van der Waals surface area (Å²) in [6, 6.07) is 17.8. The number of carbonyl (C=O) groups is 1. The summed E-state index contributed by atoms with van der Waals surface area (Å²) in [5, 5.41) is 3.50. The first-order valence-corrected chi connectivity index (χ1v) is 12.2. The summed E-state index contributed by atoms with van der Waals surface area (Å²) in [4.78, 5) is 12.3. The smallest absolute Gasteiger partial charge is 0.261 e. The van der Waals surface area contributed by atoms with Crippen LogP contribution in [0.25, 0.3) is 0 Å². The Morgan fingerprint density at radius 3 is 2.58 bits per heavy atom. The highest BCUT2D eigenvalue weighted by Gasteiger charge is 2.14. The van der Waals surface area contributed by atoms with Gasteiger partial charge in [-0.15, -0.1) is 0 Å². The van der Waals surface area contributed by atoms with Crippen molar-refractivity contribution in [3.05, 3.63) is 88.8 Å². The minimum atomic E-state index is -2.19. The maximum atomic E-state index is 12.3. The number of rotatable bonds is 11. The van der Waals surface area contributed by atoms with Crippen molar-refractivity contribution in [1.82, 2.24) is 5.32 Å². The van der Waals surface area contributed by atoms with Gasteiger partial charge in [0.1, 0.15) is 5.76 Å². The molecule has 1 unspecified atom stereocenters. The summed E-state index contributed by atoms with van der Waals surface area (Å²) in [5.74, 6) is 2.26. The Bertz CT molecular complexity index is 997. The van der Waals surface area contributed by atoms with Gasteiger partial charge in [-0.2, -0.15) is 11.8 Å². The molecule has 164 valence electrons. The number of halogens is 1. The molecule has 1 atom stereocenters. The number of nitrogens with zero attached hydrogens (tertiary/aromatic N) is 1. The summed E-state index contributed by atoms with van der Waals surface area (Å²) in [7, 11) is 0. The number of hydrogen-bond donors (Lipinski definition) is 2. The fourth-order valence-electron chi connectivity index (χ4n) is 2.91. The van der Waals surface area contributed by atoms with Gasteiger partial charge >= 0.3 is 0 Å². The van der Waals surface area contributed by atoms with Crippen LogP contribution in [0.5, 0.6) is 0 Å². The van der Waals surface area contributed by atoms with Gasteiger partial charge in [0.15, 0.2) is 0 Å². The van der Waals surface area contributed by atoms with E-state index in [4.69, 9.17) is 16.0 Å². The van der Waals surface area contributed by atoms with Gasteiger partial charge in [-0.25, -0.2) is 4.21 Å². The van der Waals surface area contributed by atoms with E-state index < -0.39 is 11.3 Å². The van der Waals surface area contributed by atoms with Crippen LogP contribution in [0.15, 0.2) is 71.3 Å². The van der Waals surface area contributed by atoms with Crippen molar-refractivity contribution >= 4 is 46.2 Å². The van der Waals surface area contributed by atoms with Crippen molar-refractivity contribution in [2.75, 3.05) is 23.1 Å². The van der Waals surface area contributed by atoms with Crippen LogP contribution in [-0.4, -0.2) is 33.5 Å². The first-order valence-electron chi connectivity index (χ1n) is 9.65. The molecule has 1 heterocycles. The van der Waals surface area contributed by atoms with Crippen LogP contribution < -0.4 is 9.62 Å². The Labute approximate surface area is 193 Å². The lowest BCUT2D eigenvalue weighted by atomic mass is 10.1. The standard InChI is InChI=1S/C22H23ClN2O4S2/c23-21-6-2-1-4-17(21)11-13-25(31(27)28)19-9-7-18(8-10-19)22(26)24-12-15-30-16-20-5-3-14-29-20/h1-10,14H,11-13,15-16H2,(H,24,26)(H,27,28). The van der Waals surface area contributed by atoms with E-state index in [1.54, 1.807) is 48.4 Å². The molecular weight excluding hydrogens is 456 g/mol. The molecule has 3 rings (SSSR count). The zero-order chi connectivity index (χ0) is 22.1. The summed E-state index contributed by atoms with van der Waals surface area (Å²) in [6.07, 6.45) is 2.16. The maximum Gasteiger partial charge on any atom is 0.261 e. The van der Waals surface area contributed by atoms with E-state index in [2.05, 4.69) is 5.32 Å². The van der Waals surface area contributed by atoms with Crippen molar-refractivity contribution in [2.45, 2.75) is 12.2 Å². The van der Waals surface area contributed by atoms with Gasteiger partial charge in [-0.1, -0.05) is 29.8 Å². The second kappa shape index (κ2) is 12.0. The van der Waals surface area contributed by atoms with Gasteiger partial charge < -0.3 is 9.73 Å². The molecule has 1 amide bonds. The van der Waals surface area contributed by atoms with Gasteiger partial charge in [0.25, 0.3) is 17.2 Å². The monoisotopic (exact) mass is 478 g/mol. The lowest BCUT2D eigenvalue weighted by Gasteiger charge is -2.20. The number of nitrogens with one attached hydrogen (secondary N) is 1. The van der Waals surface area contributed by atoms with Crippen molar-refractivity contribution in [2.24, 2.45) is 0 Å². The molecule has 0 aliphatic rings. The first kappa shape index (κ1) is 23.4. The van der Waals surface area contributed by atoms with Crippen LogP contribution in [0.1, 0.15) is 21.7 Å². The molecule has 0 aliphatic carbocycles. The predicted molar refractivity (Wildman–Crippen MR) is 127 cm³/mol. The van der Waals surface area contributed by atoms with Gasteiger partial charge in [-0.05, 0) is 54.4 Å². The minimum absolute atomic E-state index is 0.183. The van der Waals surface area contributed by atoms with Crippen molar-refractivity contribution in [1.29, 1.82) is 0 Å². The number of anilines is 1. The fourth-order valence-corrected chi connectivity index (χ4v) is 4.44. The SMILES string of the molecule is O=C(NCCSCc1ccco1)c1ccc(N(CCc2ccccc2Cl)S(=O)O)cc1. The number of hydrogen-bond acceptors (Lipinski definition) is 4. The number of carbonyl (C=O) groups excluding carboxylic acids is 1. The zero-order valence-electron chi connectivity index (χ0n) is 16.7.